The summed E-state index contributed by atoms with van der Waals surface area (Å²) in [5.41, 5.74) is 1.17. The van der Waals surface area contributed by atoms with Gasteiger partial charge in [0.1, 0.15) is 0 Å². The lowest BCUT2D eigenvalue weighted by molar-refractivity contribution is -0.132. The molecule has 0 radical (unpaired) electrons. The van der Waals surface area contributed by atoms with Crippen molar-refractivity contribution in [2.45, 2.75) is 25.8 Å². The Balaban J connectivity index is 1.44. The van der Waals surface area contributed by atoms with Gasteiger partial charge in [-0.3, -0.25) is 9.69 Å². The highest BCUT2D eigenvalue weighted by atomic mass is 32.1. The van der Waals surface area contributed by atoms with Crippen LogP contribution < -0.4 is 5.32 Å². The smallest absolute Gasteiger partial charge is 0.227 e. The van der Waals surface area contributed by atoms with Crippen LogP contribution in [0.3, 0.4) is 0 Å². The highest BCUT2D eigenvalue weighted by molar-refractivity contribution is 7.15. The Bertz CT molecular complexity index is 696. The molecule has 2 saturated heterocycles. The molecule has 1 spiro atoms. The Labute approximate surface area is 141 Å². The summed E-state index contributed by atoms with van der Waals surface area (Å²) in [6.45, 7) is 3.77. The minimum absolute atomic E-state index is 0.113. The molecule has 3 heterocycles. The molecular formula is C19H22N2OS. The van der Waals surface area contributed by atoms with Crippen LogP contribution in [0, 0.1) is 5.41 Å². The maximum Gasteiger partial charge on any atom is 0.227 e. The quantitative estimate of drug-likeness (QED) is 0.936. The monoisotopic (exact) mass is 326 g/mol. The van der Waals surface area contributed by atoms with Crippen LogP contribution in [0.5, 0.6) is 0 Å². The minimum Gasteiger partial charge on any atom is -0.356 e. The molecule has 0 unspecified atom stereocenters. The van der Waals surface area contributed by atoms with Crippen LogP contribution in [0.25, 0.3) is 10.4 Å². The second-order valence-electron chi connectivity index (χ2n) is 6.73. The van der Waals surface area contributed by atoms with E-state index in [0.717, 1.165) is 45.4 Å². The molecule has 0 bridgehead atoms. The fourth-order valence-corrected chi connectivity index (χ4v) is 4.91. The van der Waals surface area contributed by atoms with Crippen molar-refractivity contribution in [2.75, 3.05) is 19.6 Å². The zero-order valence-corrected chi connectivity index (χ0v) is 14.1. The summed E-state index contributed by atoms with van der Waals surface area (Å²) in [4.78, 5) is 17.4. The Morgan fingerprint density at radius 3 is 2.83 bits per heavy atom. The molecule has 0 aliphatic carbocycles. The van der Waals surface area contributed by atoms with E-state index in [2.05, 4.69) is 52.7 Å². The maximum atomic E-state index is 12.3. The van der Waals surface area contributed by atoms with Crippen LogP contribution in [0.1, 0.15) is 24.1 Å². The molecule has 1 aromatic heterocycles. The number of carbonyl (C=O) groups is 1. The van der Waals surface area contributed by atoms with Gasteiger partial charge in [-0.1, -0.05) is 30.3 Å². The first-order chi connectivity index (χ1) is 11.3. The lowest BCUT2D eigenvalue weighted by atomic mass is 9.79. The molecule has 2 fully saturated rings. The van der Waals surface area contributed by atoms with Crippen molar-refractivity contribution in [1.29, 1.82) is 0 Å². The topological polar surface area (TPSA) is 32.3 Å². The van der Waals surface area contributed by atoms with Gasteiger partial charge in [0.15, 0.2) is 0 Å². The first-order valence-electron chi connectivity index (χ1n) is 8.40. The summed E-state index contributed by atoms with van der Waals surface area (Å²) in [6, 6.07) is 15.0. The molecule has 4 heteroatoms. The summed E-state index contributed by atoms with van der Waals surface area (Å²) in [5, 5.41) is 3.06. The molecule has 2 aromatic rings. The number of amides is 1. The summed E-state index contributed by atoms with van der Waals surface area (Å²) < 4.78 is 0. The van der Waals surface area contributed by atoms with E-state index in [4.69, 9.17) is 0 Å². The van der Waals surface area contributed by atoms with E-state index < -0.39 is 0 Å². The average Bonchev–Trinajstić information content (AvgIpc) is 3.20. The van der Waals surface area contributed by atoms with E-state index in [1.165, 1.54) is 15.3 Å². The van der Waals surface area contributed by atoms with Crippen molar-refractivity contribution < 1.29 is 4.79 Å². The number of hydrogen-bond acceptors (Lipinski definition) is 3. The van der Waals surface area contributed by atoms with Gasteiger partial charge in [-0.15, -0.1) is 11.3 Å². The first-order valence-corrected chi connectivity index (χ1v) is 9.22. The lowest BCUT2D eigenvalue weighted by Gasteiger charge is -2.32. The van der Waals surface area contributed by atoms with E-state index in [9.17, 15) is 4.79 Å². The van der Waals surface area contributed by atoms with E-state index in [1.54, 1.807) is 0 Å². The molecule has 23 heavy (non-hydrogen) atoms. The van der Waals surface area contributed by atoms with Crippen molar-refractivity contribution >= 4 is 17.2 Å². The molecule has 0 saturated carbocycles. The molecule has 2 aliphatic rings. The first kappa shape index (κ1) is 14.9. The molecule has 3 nitrogen and oxygen atoms in total. The Morgan fingerprint density at radius 2 is 2.00 bits per heavy atom. The van der Waals surface area contributed by atoms with Gasteiger partial charge in [0.05, 0.1) is 5.41 Å². The third-order valence-corrected chi connectivity index (χ3v) is 6.25. The Morgan fingerprint density at radius 1 is 1.13 bits per heavy atom. The predicted molar refractivity (Wildman–Crippen MR) is 94.3 cm³/mol. The molecule has 120 valence electrons. The van der Waals surface area contributed by atoms with Crippen LogP contribution in [-0.4, -0.2) is 30.4 Å². The van der Waals surface area contributed by atoms with Gasteiger partial charge >= 0.3 is 0 Å². The van der Waals surface area contributed by atoms with Crippen molar-refractivity contribution in [3.8, 4) is 10.4 Å². The lowest BCUT2D eigenvalue weighted by Crippen LogP contribution is -2.47. The Hall–Kier alpha value is -1.65. The number of hydrogen-bond donors (Lipinski definition) is 1. The van der Waals surface area contributed by atoms with Gasteiger partial charge in [0.25, 0.3) is 0 Å². The van der Waals surface area contributed by atoms with Crippen molar-refractivity contribution in [1.82, 2.24) is 10.2 Å². The Kier molecular flexibility index (Phi) is 3.95. The van der Waals surface area contributed by atoms with E-state index >= 15 is 0 Å². The average molecular weight is 326 g/mol. The molecule has 4 rings (SSSR count). The highest BCUT2D eigenvalue weighted by Crippen LogP contribution is 2.38. The number of nitrogens with one attached hydrogen (secondary N) is 1. The van der Waals surface area contributed by atoms with Gasteiger partial charge in [-0.05, 0) is 43.5 Å². The molecular weight excluding hydrogens is 304 g/mol. The van der Waals surface area contributed by atoms with E-state index in [-0.39, 0.29) is 11.3 Å². The van der Waals surface area contributed by atoms with Crippen molar-refractivity contribution in [3.05, 3.63) is 47.3 Å². The van der Waals surface area contributed by atoms with E-state index in [1.807, 2.05) is 11.3 Å². The number of thiophene rings is 1. The van der Waals surface area contributed by atoms with Crippen LogP contribution in [-0.2, 0) is 11.3 Å². The summed E-state index contributed by atoms with van der Waals surface area (Å²) in [5.74, 6) is 0.280. The van der Waals surface area contributed by atoms with Crippen LogP contribution >= 0.6 is 11.3 Å². The SMILES string of the molecule is O=C1NCCC[C@@]12CCN(Cc1ccc(-c3ccccc3)s1)C2. The van der Waals surface area contributed by atoms with Crippen LogP contribution in [0.4, 0.5) is 0 Å². The van der Waals surface area contributed by atoms with Gasteiger partial charge < -0.3 is 5.32 Å². The van der Waals surface area contributed by atoms with Gasteiger partial charge in [-0.2, -0.15) is 0 Å². The largest absolute Gasteiger partial charge is 0.356 e. The normalized spacial score (nSPS) is 25.0. The minimum atomic E-state index is -0.113. The van der Waals surface area contributed by atoms with Crippen molar-refractivity contribution in [2.24, 2.45) is 5.41 Å². The second-order valence-corrected chi connectivity index (χ2v) is 7.90. The number of nitrogens with zero attached hydrogens (tertiary/aromatic N) is 1. The standard InChI is InChI=1S/C19H22N2OS/c22-18-19(9-4-11-20-18)10-12-21(14-19)13-16-7-8-17(23-16)15-5-2-1-3-6-15/h1-3,5-8H,4,9-14H2,(H,20,22)/t19-/m0/s1. The zero-order valence-electron chi connectivity index (χ0n) is 13.3. The fourth-order valence-electron chi connectivity index (χ4n) is 3.85. The number of piperidine rings is 1. The number of carbonyl (C=O) groups excluding carboxylic acids is 1. The molecule has 1 aromatic carbocycles. The van der Waals surface area contributed by atoms with Gasteiger partial charge in [-0.25, -0.2) is 0 Å². The third kappa shape index (κ3) is 2.93. The third-order valence-electron chi connectivity index (χ3n) is 5.13. The number of rotatable bonds is 3. The molecule has 1 N–H and O–H groups in total. The summed E-state index contributed by atoms with van der Waals surface area (Å²) >= 11 is 1.87. The van der Waals surface area contributed by atoms with E-state index in [0.29, 0.717) is 0 Å². The second kappa shape index (κ2) is 6.10. The van der Waals surface area contributed by atoms with Gasteiger partial charge in [0, 0.05) is 29.4 Å². The molecule has 2 aliphatic heterocycles. The molecule has 1 atom stereocenters. The van der Waals surface area contributed by atoms with Gasteiger partial charge in [0.2, 0.25) is 5.91 Å². The van der Waals surface area contributed by atoms with Crippen LogP contribution in [0.2, 0.25) is 0 Å². The predicted octanol–water partition coefficient (Wildman–Crippen LogP) is 3.52. The number of benzene rings is 1. The summed E-state index contributed by atoms with van der Waals surface area (Å²) in [7, 11) is 0. The number of likely N-dealkylation sites (tertiary alicyclic amines) is 1. The zero-order chi connectivity index (χ0) is 15.7. The molecule has 1 amide bonds. The summed E-state index contributed by atoms with van der Waals surface area (Å²) in [6.07, 6.45) is 3.18. The maximum absolute atomic E-state index is 12.3. The van der Waals surface area contributed by atoms with Crippen LogP contribution in [0.15, 0.2) is 42.5 Å². The highest BCUT2D eigenvalue weighted by Gasteiger charge is 2.45. The fraction of sp³-hybridized carbons (Fsp3) is 0.421. The van der Waals surface area contributed by atoms with Crippen molar-refractivity contribution in [3.63, 3.8) is 0 Å².